The van der Waals surface area contributed by atoms with Crippen LogP contribution in [0.5, 0.6) is 0 Å². The highest BCUT2D eigenvalue weighted by Crippen LogP contribution is 1.99. The van der Waals surface area contributed by atoms with Crippen LogP contribution < -0.4 is 0 Å². The van der Waals surface area contributed by atoms with E-state index in [1.165, 1.54) is 4.90 Å². The number of hydrogen-bond acceptors (Lipinski definition) is 5. The van der Waals surface area contributed by atoms with Crippen LogP contribution in [0, 0.1) is 0 Å². The van der Waals surface area contributed by atoms with Gasteiger partial charge in [-0.25, -0.2) is 0 Å². The molecule has 1 amide bonds. The van der Waals surface area contributed by atoms with Crippen LogP contribution in [0.15, 0.2) is 0 Å². The predicted octanol–water partition coefficient (Wildman–Crippen LogP) is -2.46. The van der Waals surface area contributed by atoms with Crippen LogP contribution in [0.25, 0.3) is 0 Å². The van der Waals surface area contributed by atoms with Crippen molar-refractivity contribution >= 4 is 5.91 Å². The molecule has 0 aromatic carbocycles. The molecule has 0 rings (SSSR count). The van der Waals surface area contributed by atoms with Crippen molar-refractivity contribution in [1.29, 1.82) is 0 Å². The molecule has 0 unspecified atom stereocenters. The van der Waals surface area contributed by atoms with Gasteiger partial charge in [-0.3, -0.25) is 4.79 Å². The summed E-state index contributed by atoms with van der Waals surface area (Å²) >= 11 is 0. The van der Waals surface area contributed by atoms with E-state index in [9.17, 15) is 9.90 Å². The van der Waals surface area contributed by atoms with E-state index in [-0.39, 0.29) is 13.2 Å². The fourth-order valence-corrected chi connectivity index (χ4v) is 0.996. The number of rotatable bonds is 6. The van der Waals surface area contributed by atoms with E-state index in [0.29, 0.717) is 6.54 Å². The Balaban J connectivity index is 4.26. The van der Waals surface area contributed by atoms with Crippen molar-refractivity contribution in [1.82, 2.24) is 4.90 Å². The normalized spacial score (nSPS) is 14.9. The molecule has 4 N–H and O–H groups in total. The SMILES string of the molecule is CCN(CCO)C(=O)[C@H](O)[C@H](O)CO. The average Bonchev–Trinajstić information content (AvgIpc) is 2.22. The van der Waals surface area contributed by atoms with Crippen molar-refractivity contribution in [2.75, 3.05) is 26.3 Å². The van der Waals surface area contributed by atoms with Gasteiger partial charge in [-0.1, -0.05) is 0 Å². The molecular weight excluding hydrogens is 190 g/mol. The van der Waals surface area contributed by atoms with Crippen molar-refractivity contribution in [3.63, 3.8) is 0 Å². The predicted molar refractivity (Wildman–Crippen MR) is 48.4 cm³/mol. The molecule has 14 heavy (non-hydrogen) atoms. The van der Waals surface area contributed by atoms with Gasteiger partial charge in [0.15, 0.2) is 6.10 Å². The Labute approximate surface area is 82.4 Å². The van der Waals surface area contributed by atoms with Gasteiger partial charge in [0, 0.05) is 13.1 Å². The lowest BCUT2D eigenvalue weighted by molar-refractivity contribution is -0.148. The second-order valence-electron chi connectivity index (χ2n) is 2.84. The van der Waals surface area contributed by atoms with E-state index in [1.54, 1.807) is 6.92 Å². The fourth-order valence-electron chi connectivity index (χ4n) is 0.996. The van der Waals surface area contributed by atoms with Crippen molar-refractivity contribution in [2.45, 2.75) is 19.1 Å². The van der Waals surface area contributed by atoms with Gasteiger partial charge in [0.2, 0.25) is 0 Å². The smallest absolute Gasteiger partial charge is 0.254 e. The van der Waals surface area contributed by atoms with Gasteiger partial charge in [0.1, 0.15) is 6.10 Å². The molecule has 0 aliphatic carbocycles. The average molecular weight is 207 g/mol. The summed E-state index contributed by atoms with van der Waals surface area (Å²) in [7, 11) is 0. The third kappa shape index (κ3) is 3.59. The van der Waals surface area contributed by atoms with Gasteiger partial charge in [0.25, 0.3) is 5.91 Å². The van der Waals surface area contributed by atoms with E-state index < -0.39 is 24.7 Å². The zero-order chi connectivity index (χ0) is 11.1. The zero-order valence-electron chi connectivity index (χ0n) is 8.13. The summed E-state index contributed by atoms with van der Waals surface area (Å²) in [6.07, 6.45) is -3.11. The number of carbonyl (C=O) groups excluding carboxylic acids is 1. The van der Waals surface area contributed by atoms with Gasteiger partial charge in [-0.2, -0.15) is 0 Å². The van der Waals surface area contributed by atoms with E-state index in [2.05, 4.69) is 0 Å². The molecule has 0 bridgehead atoms. The second-order valence-corrected chi connectivity index (χ2v) is 2.84. The highest BCUT2D eigenvalue weighted by atomic mass is 16.4. The number of amides is 1. The highest BCUT2D eigenvalue weighted by molar-refractivity contribution is 5.81. The minimum absolute atomic E-state index is 0.102. The van der Waals surface area contributed by atoms with E-state index >= 15 is 0 Å². The molecule has 0 aliphatic rings. The Morgan fingerprint density at radius 3 is 2.29 bits per heavy atom. The molecule has 0 aromatic heterocycles. The zero-order valence-corrected chi connectivity index (χ0v) is 8.13. The summed E-state index contributed by atoms with van der Waals surface area (Å²) in [5.41, 5.74) is 0. The minimum atomic E-state index is -1.63. The molecule has 6 heteroatoms. The maximum Gasteiger partial charge on any atom is 0.254 e. The third-order valence-electron chi connectivity index (χ3n) is 1.87. The Bertz CT molecular complexity index is 171. The van der Waals surface area contributed by atoms with Gasteiger partial charge >= 0.3 is 0 Å². The Morgan fingerprint density at radius 2 is 1.93 bits per heavy atom. The quantitative estimate of drug-likeness (QED) is 0.387. The lowest BCUT2D eigenvalue weighted by atomic mass is 10.2. The number of aliphatic hydroxyl groups excluding tert-OH is 4. The first-order valence-electron chi connectivity index (χ1n) is 4.45. The van der Waals surface area contributed by atoms with E-state index in [1.807, 2.05) is 0 Å². The van der Waals surface area contributed by atoms with Crippen LogP contribution >= 0.6 is 0 Å². The Kier molecular flexibility index (Phi) is 6.39. The van der Waals surface area contributed by atoms with E-state index in [4.69, 9.17) is 15.3 Å². The minimum Gasteiger partial charge on any atom is -0.395 e. The molecule has 0 aromatic rings. The maximum absolute atomic E-state index is 11.4. The molecule has 0 aliphatic heterocycles. The van der Waals surface area contributed by atoms with Crippen molar-refractivity contribution in [3.05, 3.63) is 0 Å². The third-order valence-corrected chi connectivity index (χ3v) is 1.87. The molecule has 2 atom stereocenters. The first-order valence-corrected chi connectivity index (χ1v) is 4.45. The molecule has 0 spiro atoms. The fraction of sp³-hybridized carbons (Fsp3) is 0.875. The molecule has 6 nitrogen and oxygen atoms in total. The van der Waals surface area contributed by atoms with Gasteiger partial charge in [-0.05, 0) is 6.92 Å². The first-order chi connectivity index (χ1) is 6.58. The summed E-state index contributed by atoms with van der Waals surface area (Å²) in [5.74, 6) is -0.692. The van der Waals surface area contributed by atoms with Gasteiger partial charge in [0.05, 0.1) is 13.2 Å². The Hall–Kier alpha value is -0.690. The number of carbonyl (C=O) groups is 1. The molecule has 0 fully saturated rings. The lowest BCUT2D eigenvalue weighted by Gasteiger charge is -2.24. The standard InChI is InChI=1S/C8H17NO5/c1-2-9(3-4-10)8(14)7(13)6(12)5-11/h6-7,10-13H,2-5H2,1H3/t6-,7-/m1/s1. The van der Waals surface area contributed by atoms with Crippen LogP contribution in [0.2, 0.25) is 0 Å². The summed E-state index contributed by atoms with van der Waals surface area (Å²) in [5, 5.41) is 35.3. The lowest BCUT2D eigenvalue weighted by Crippen LogP contribution is -2.46. The molecular formula is C8H17NO5. The van der Waals surface area contributed by atoms with Crippen molar-refractivity contribution in [2.24, 2.45) is 0 Å². The number of likely N-dealkylation sites (N-methyl/N-ethyl adjacent to an activating group) is 1. The van der Waals surface area contributed by atoms with Crippen LogP contribution in [0.3, 0.4) is 0 Å². The maximum atomic E-state index is 11.4. The molecule has 0 saturated heterocycles. The molecule has 0 radical (unpaired) electrons. The topological polar surface area (TPSA) is 101 Å². The second kappa shape index (κ2) is 6.72. The van der Waals surface area contributed by atoms with Crippen LogP contribution in [0.1, 0.15) is 6.92 Å². The van der Waals surface area contributed by atoms with Crippen LogP contribution in [-0.4, -0.2) is 69.7 Å². The molecule has 84 valence electrons. The van der Waals surface area contributed by atoms with Crippen LogP contribution in [0.4, 0.5) is 0 Å². The van der Waals surface area contributed by atoms with Gasteiger partial charge < -0.3 is 25.3 Å². The van der Waals surface area contributed by atoms with Crippen molar-refractivity contribution < 1.29 is 25.2 Å². The summed E-state index contributed by atoms with van der Waals surface area (Å²) < 4.78 is 0. The van der Waals surface area contributed by atoms with Crippen LogP contribution in [-0.2, 0) is 4.79 Å². The van der Waals surface area contributed by atoms with Crippen molar-refractivity contribution in [3.8, 4) is 0 Å². The number of nitrogens with zero attached hydrogens (tertiary/aromatic N) is 1. The highest BCUT2D eigenvalue weighted by Gasteiger charge is 2.27. The number of hydrogen-bond donors (Lipinski definition) is 4. The largest absolute Gasteiger partial charge is 0.395 e. The van der Waals surface area contributed by atoms with Gasteiger partial charge in [-0.15, -0.1) is 0 Å². The number of aliphatic hydroxyl groups is 4. The summed E-state index contributed by atoms with van der Waals surface area (Å²) in [6.45, 7) is 1.23. The van der Waals surface area contributed by atoms with E-state index in [0.717, 1.165) is 0 Å². The monoisotopic (exact) mass is 207 g/mol. The summed E-state index contributed by atoms with van der Waals surface area (Å²) in [6, 6.07) is 0. The molecule has 0 heterocycles. The Morgan fingerprint density at radius 1 is 1.36 bits per heavy atom. The first kappa shape index (κ1) is 13.3. The molecule has 0 saturated carbocycles. The summed E-state index contributed by atoms with van der Waals surface area (Å²) in [4.78, 5) is 12.6.